The summed E-state index contributed by atoms with van der Waals surface area (Å²) in [6.45, 7) is 5.00. The van der Waals surface area contributed by atoms with Gasteiger partial charge in [0.2, 0.25) is 11.8 Å². The summed E-state index contributed by atoms with van der Waals surface area (Å²) < 4.78 is 0. The Labute approximate surface area is 127 Å². The van der Waals surface area contributed by atoms with Crippen LogP contribution in [-0.2, 0) is 9.59 Å². The molecule has 0 spiro atoms. The second-order valence-electron chi connectivity index (χ2n) is 5.53. The lowest BCUT2D eigenvalue weighted by Gasteiger charge is -2.23. The van der Waals surface area contributed by atoms with Crippen molar-refractivity contribution in [3.05, 3.63) is 0 Å². The first-order chi connectivity index (χ1) is 9.22. The molecule has 1 unspecified atom stereocenters. The molecule has 0 radical (unpaired) electrons. The van der Waals surface area contributed by atoms with Crippen molar-refractivity contribution in [3.63, 3.8) is 0 Å². The monoisotopic (exact) mass is 303 g/mol. The highest BCUT2D eigenvalue weighted by Gasteiger charge is 2.38. The molecule has 0 aromatic heterocycles. The van der Waals surface area contributed by atoms with E-state index in [4.69, 9.17) is 0 Å². The zero-order valence-electron chi connectivity index (χ0n) is 12.2. The van der Waals surface area contributed by atoms with Crippen molar-refractivity contribution in [1.29, 1.82) is 0 Å². The van der Waals surface area contributed by atoms with E-state index in [2.05, 4.69) is 10.6 Å². The maximum absolute atomic E-state index is 12.0. The molecule has 20 heavy (non-hydrogen) atoms. The van der Waals surface area contributed by atoms with Crippen molar-refractivity contribution >= 4 is 24.2 Å². The first-order valence-electron chi connectivity index (χ1n) is 7.50. The Balaban J connectivity index is 0.00000200. The van der Waals surface area contributed by atoms with Crippen LogP contribution in [0.1, 0.15) is 39.0 Å². The summed E-state index contributed by atoms with van der Waals surface area (Å²) >= 11 is 0. The predicted molar refractivity (Wildman–Crippen MR) is 80.9 cm³/mol. The maximum atomic E-state index is 12.0. The number of carbonyl (C=O) groups is 2. The summed E-state index contributed by atoms with van der Waals surface area (Å²) in [4.78, 5) is 25.9. The van der Waals surface area contributed by atoms with E-state index in [1.807, 2.05) is 11.8 Å². The van der Waals surface area contributed by atoms with E-state index in [9.17, 15) is 9.59 Å². The molecule has 1 aliphatic heterocycles. The molecule has 1 saturated carbocycles. The lowest BCUT2D eigenvalue weighted by atomic mass is 10.1. The number of likely N-dealkylation sites (N-methyl/N-ethyl adjacent to an activating group) is 1. The Morgan fingerprint density at radius 2 is 2.00 bits per heavy atom. The lowest BCUT2D eigenvalue weighted by molar-refractivity contribution is -0.130. The first kappa shape index (κ1) is 17.2. The van der Waals surface area contributed by atoms with Gasteiger partial charge < -0.3 is 15.5 Å². The molecular weight excluding hydrogens is 278 g/mol. The number of rotatable bonds is 6. The molecule has 1 heterocycles. The number of amides is 2. The standard InChI is InChI=1S/C14H25N3O2.ClH/c1-2-15-7-8-16-14(19)11-9-13(18)17(10-11)12-5-3-4-6-12;/h11-12,15H,2-10H2,1H3,(H,16,19);1H. The van der Waals surface area contributed by atoms with E-state index in [0.717, 1.165) is 25.9 Å². The number of likely N-dealkylation sites (tertiary alicyclic amines) is 1. The van der Waals surface area contributed by atoms with E-state index < -0.39 is 0 Å². The zero-order valence-corrected chi connectivity index (χ0v) is 13.0. The van der Waals surface area contributed by atoms with Gasteiger partial charge in [0, 0.05) is 32.1 Å². The van der Waals surface area contributed by atoms with Crippen molar-refractivity contribution in [2.75, 3.05) is 26.2 Å². The number of halogens is 1. The number of nitrogens with one attached hydrogen (secondary N) is 2. The van der Waals surface area contributed by atoms with Gasteiger partial charge in [-0.15, -0.1) is 12.4 Å². The average Bonchev–Trinajstić information content (AvgIpc) is 3.03. The second kappa shape index (κ2) is 8.47. The van der Waals surface area contributed by atoms with Crippen LogP contribution < -0.4 is 10.6 Å². The summed E-state index contributed by atoms with van der Waals surface area (Å²) in [5.74, 6) is 0.0557. The number of carbonyl (C=O) groups excluding carboxylic acids is 2. The van der Waals surface area contributed by atoms with Gasteiger partial charge in [0.15, 0.2) is 0 Å². The third-order valence-electron chi connectivity index (χ3n) is 4.15. The largest absolute Gasteiger partial charge is 0.355 e. The third-order valence-corrected chi connectivity index (χ3v) is 4.15. The summed E-state index contributed by atoms with van der Waals surface area (Å²) in [6, 6.07) is 0.395. The van der Waals surface area contributed by atoms with Gasteiger partial charge in [-0.05, 0) is 19.4 Å². The van der Waals surface area contributed by atoms with Crippen LogP contribution in [0.5, 0.6) is 0 Å². The minimum absolute atomic E-state index is 0. The minimum Gasteiger partial charge on any atom is -0.355 e. The molecule has 0 aromatic rings. The zero-order chi connectivity index (χ0) is 13.7. The van der Waals surface area contributed by atoms with Crippen molar-refractivity contribution in [2.24, 2.45) is 5.92 Å². The lowest BCUT2D eigenvalue weighted by Crippen LogP contribution is -2.38. The van der Waals surface area contributed by atoms with Gasteiger partial charge in [0.25, 0.3) is 0 Å². The predicted octanol–water partition coefficient (Wildman–Crippen LogP) is 0.925. The Kier molecular flexibility index (Phi) is 7.30. The number of hydrogen-bond donors (Lipinski definition) is 2. The highest BCUT2D eigenvalue weighted by atomic mass is 35.5. The van der Waals surface area contributed by atoms with Crippen LogP contribution in [0.15, 0.2) is 0 Å². The van der Waals surface area contributed by atoms with Crippen LogP contribution in [0.25, 0.3) is 0 Å². The molecule has 2 aliphatic rings. The Morgan fingerprint density at radius 3 is 2.65 bits per heavy atom. The van der Waals surface area contributed by atoms with Crippen LogP contribution in [0.2, 0.25) is 0 Å². The van der Waals surface area contributed by atoms with Gasteiger partial charge in [-0.2, -0.15) is 0 Å². The smallest absolute Gasteiger partial charge is 0.225 e. The molecule has 0 bridgehead atoms. The van der Waals surface area contributed by atoms with Crippen LogP contribution in [-0.4, -0.2) is 48.9 Å². The fourth-order valence-electron chi connectivity index (χ4n) is 3.07. The van der Waals surface area contributed by atoms with Crippen LogP contribution >= 0.6 is 12.4 Å². The van der Waals surface area contributed by atoms with Gasteiger partial charge in [0.1, 0.15) is 0 Å². The Hall–Kier alpha value is -0.810. The number of hydrogen-bond acceptors (Lipinski definition) is 3. The molecule has 0 aromatic carbocycles. The summed E-state index contributed by atoms with van der Waals surface area (Å²) in [7, 11) is 0. The fourth-order valence-corrected chi connectivity index (χ4v) is 3.07. The van der Waals surface area contributed by atoms with Crippen molar-refractivity contribution in [3.8, 4) is 0 Å². The Morgan fingerprint density at radius 1 is 1.30 bits per heavy atom. The van der Waals surface area contributed by atoms with Crippen LogP contribution in [0, 0.1) is 5.92 Å². The molecular formula is C14H26ClN3O2. The minimum atomic E-state index is -0.144. The molecule has 6 heteroatoms. The first-order valence-corrected chi connectivity index (χ1v) is 7.50. The molecule has 116 valence electrons. The molecule has 5 nitrogen and oxygen atoms in total. The van der Waals surface area contributed by atoms with Gasteiger partial charge in [-0.25, -0.2) is 0 Å². The fraction of sp³-hybridized carbons (Fsp3) is 0.857. The van der Waals surface area contributed by atoms with E-state index in [0.29, 0.717) is 25.6 Å². The van der Waals surface area contributed by atoms with Crippen LogP contribution in [0.3, 0.4) is 0 Å². The molecule has 1 aliphatic carbocycles. The quantitative estimate of drug-likeness (QED) is 0.718. The normalized spacial score (nSPS) is 22.9. The van der Waals surface area contributed by atoms with E-state index >= 15 is 0 Å². The van der Waals surface area contributed by atoms with Gasteiger partial charge in [-0.1, -0.05) is 19.8 Å². The second-order valence-corrected chi connectivity index (χ2v) is 5.53. The van der Waals surface area contributed by atoms with E-state index in [-0.39, 0.29) is 30.1 Å². The third kappa shape index (κ3) is 4.35. The summed E-state index contributed by atoms with van der Waals surface area (Å²) in [5.41, 5.74) is 0. The van der Waals surface area contributed by atoms with Crippen molar-refractivity contribution in [1.82, 2.24) is 15.5 Å². The molecule has 1 saturated heterocycles. The summed E-state index contributed by atoms with van der Waals surface area (Å²) in [6.07, 6.45) is 5.05. The SMILES string of the molecule is CCNCCNC(=O)C1CC(=O)N(C2CCCC2)C1.Cl. The molecule has 2 N–H and O–H groups in total. The molecule has 2 rings (SSSR count). The highest BCUT2D eigenvalue weighted by molar-refractivity contribution is 5.89. The van der Waals surface area contributed by atoms with Crippen molar-refractivity contribution < 1.29 is 9.59 Å². The van der Waals surface area contributed by atoms with E-state index in [1.165, 1.54) is 12.8 Å². The summed E-state index contributed by atoms with van der Waals surface area (Å²) in [5, 5.41) is 6.08. The molecule has 2 fully saturated rings. The van der Waals surface area contributed by atoms with Crippen LogP contribution in [0.4, 0.5) is 0 Å². The highest BCUT2D eigenvalue weighted by Crippen LogP contribution is 2.29. The van der Waals surface area contributed by atoms with E-state index in [1.54, 1.807) is 0 Å². The Bertz CT molecular complexity index is 332. The average molecular weight is 304 g/mol. The van der Waals surface area contributed by atoms with Gasteiger partial charge in [-0.3, -0.25) is 9.59 Å². The molecule has 2 amide bonds. The topological polar surface area (TPSA) is 61.4 Å². The molecule has 1 atom stereocenters. The van der Waals surface area contributed by atoms with Gasteiger partial charge in [0.05, 0.1) is 5.92 Å². The van der Waals surface area contributed by atoms with Crippen molar-refractivity contribution in [2.45, 2.75) is 45.1 Å². The maximum Gasteiger partial charge on any atom is 0.225 e. The number of nitrogens with zero attached hydrogens (tertiary/aromatic N) is 1. The van der Waals surface area contributed by atoms with Gasteiger partial charge >= 0.3 is 0 Å².